The van der Waals surface area contributed by atoms with Crippen molar-refractivity contribution in [1.82, 2.24) is 9.80 Å². The Morgan fingerprint density at radius 3 is 2.12 bits per heavy atom. The van der Waals surface area contributed by atoms with E-state index in [1.54, 1.807) is 12.1 Å². The van der Waals surface area contributed by atoms with Crippen molar-refractivity contribution < 1.29 is 9.18 Å². The van der Waals surface area contributed by atoms with Crippen LogP contribution in [0.1, 0.15) is 11.1 Å². The predicted octanol–water partition coefficient (Wildman–Crippen LogP) is 2.76. The smallest absolute Gasteiger partial charge is 0.151 e. The van der Waals surface area contributed by atoms with Crippen molar-refractivity contribution >= 4 is 5.78 Å². The van der Waals surface area contributed by atoms with Crippen molar-refractivity contribution in [1.29, 1.82) is 0 Å². The summed E-state index contributed by atoms with van der Waals surface area (Å²) in [6.45, 7) is 5.26. The molecule has 0 atom stereocenters. The summed E-state index contributed by atoms with van der Waals surface area (Å²) < 4.78 is 12.9. The molecule has 0 unspecified atom stereocenters. The fourth-order valence-corrected chi connectivity index (χ4v) is 3.08. The van der Waals surface area contributed by atoms with Gasteiger partial charge in [0, 0.05) is 39.1 Å². The first-order valence-corrected chi connectivity index (χ1v) is 8.44. The molecule has 24 heavy (non-hydrogen) atoms. The number of nitrogens with zero attached hydrogens (tertiary/aromatic N) is 2. The number of hydrogen-bond acceptors (Lipinski definition) is 3. The number of ketones is 1. The number of rotatable bonds is 6. The molecular weight excluding hydrogens is 303 g/mol. The monoisotopic (exact) mass is 326 g/mol. The molecule has 3 nitrogen and oxygen atoms in total. The van der Waals surface area contributed by atoms with E-state index in [0.29, 0.717) is 13.0 Å². The zero-order valence-electron chi connectivity index (χ0n) is 13.8. The van der Waals surface area contributed by atoms with E-state index >= 15 is 0 Å². The van der Waals surface area contributed by atoms with Crippen molar-refractivity contribution in [3.63, 3.8) is 0 Å². The molecule has 2 aromatic carbocycles. The predicted molar refractivity (Wildman–Crippen MR) is 93.3 cm³/mol. The summed E-state index contributed by atoms with van der Waals surface area (Å²) in [5.41, 5.74) is 2.21. The molecule has 1 fully saturated rings. The molecule has 0 bridgehead atoms. The summed E-state index contributed by atoms with van der Waals surface area (Å²) >= 11 is 0. The van der Waals surface area contributed by atoms with Crippen LogP contribution in [0.4, 0.5) is 4.39 Å². The Morgan fingerprint density at radius 2 is 1.46 bits per heavy atom. The molecule has 0 N–H and O–H groups in total. The molecule has 0 aliphatic carbocycles. The van der Waals surface area contributed by atoms with Gasteiger partial charge < -0.3 is 0 Å². The number of halogens is 1. The van der Waals surface area contributed by atoms with E-state index in [9.17, 15) is 9.18 Å². The van der Waals surface area contributed by atoms with Crippen molar-refractivity contribution in [2.75, 3.05) is 32.7 Å². The SMILES string of the molecule is O=C(Cc1ccc(F)cc1)CN1CCN(Cc2ccccc2)CC1. The Kier molecular flexibility index (Phi) is 5.72. The third-order valence-electron chi connectivity index (χ3n) is 4.43. The first-order valence-electron chi connectivity index (χ1n) is 8.44. The number of carbonyl (C=O) groups excluding carboxylic acids is 1. The summed E-state index contributed by atoms with van der Waals surface area (Å²) in [6.07, 6.45) is 0.379. The molecule has 1 aliphatic rings. The van der Waals surface area contributed by atoms with Crippen LogP contribution in [-0.4, -0.2) is 48.3 Å². The van der Waals surface area contributed by atoms with Crippen LogP contribution >= 0.6 is 0 Å². The largest absolute Gasteiger partial charge is 0.298 e. The number of hydrogen-bond donors (Lipinski definition) is 0. The summed E-state index contributed by atoms with van der Waals surface area (Å²) in [5.74, 6) is -0.0705. The minimum atomic E-state index is -0.263. The molecule has 4 heteroatoms. The van der Waals surface area contributed by atoms with Gasteiger partial charge >= 0.3 is 0 Å². The second-order valence-electron chi connectivity index (χ2n) is 6.38. The molecule has 1 heterocycles. The molecule has 1 aliphatic heterocycles. The highest BCUT2D eigenvalue weighted by atomic mass is 19.1. The summed E-state index contributed by atoms with van der Waals surface area (Å²) in [7, 11) is 0. The summed E-state index contributed by atoms with van der Waals surface area (Å²) in [4.78, 5) is 16.8. The van der Waals surface area contributed by atoms with E-state index in [-0.39, 0.29) is 11.6 Å². The van der Waals surface area contributed by atoms with E-state index in [0.717, 1.165) is 38.3 Å². The van der Waals surface area contributed by atoms with Crippen LogP contribution in [0.2, 0.25) is 0 Å². The first kappa shape index (κ1) is 16.8. The molecule has 2 aromatic rings. The maximum absolute atomic E-state index is 12.9. The minimum Gasteiger partial charge on any atom is -0.298 e. The van der Waals surface area contributed by atoms with Crippen LogP contribution in [-0.2, 0) is 17.8 Å². The fraction of sp³-hybridized carbons (Fsp3) is 0.350. The normalized spacial score (nSPS) is 16.2. The lowest BCUT2D eigenvalue weighted by atomic mass is 10.1. The maximum atomic E-state index is 12.9. The van der Waals surface area contributed by atoms with Gasteiger partial charge in [0.1, 0.15) is 5.82 Å². The maximum Gasteiger partial charge on any atom is 0.151 e. The highest BCUT2D eigenvalue weighted by Crippen LogP contribution is 2.09. The van der Waals surface area contributed by atoms with Crippen molar-refractivity contribution in [2.45, 2.75) is 13.0 Å². The second kappa shape index (κ2) is 8.18. The zero-order chi connectivity index (χ0) is 16.8. The number of carbonyl (C=O) groups is 1. The zero-order valence-corrected chi connectivity index (χ0v) is 13.8. The average molecular weight is 326 g/mol. The third-order valence-corrected chi connectivity index (χ3v) is 4.43. The van der Waals surface area contributed by atoms with Gasteiger partial charge in [0.05, 0.1) is 6.54 Å². The van der Waals surface area contributed by atoms with Gasteiger partial charge in [-0.2, -0.15) is 0 Å². The molecule has 1 saturated heterocycles. The van der Waals surface area contributed by atoms with Gasteiger partial charge in [-0.15, -0.1) is 0 Å². The molecule has 126 valence electrons. The molecular formula is C20H23FN2O. The average Bonchev–Trinajstić information content (AvgIpc) is 2.60. The van der Waals surface area contributed by atoms with Gasteiger partial charge in [-0.3, -0.25) is 14.6 Å². The van der Waals surface area contributed by atoms with Crippen LogP contribution in [0.25, 0.3) is 0 Å². The van der Waals surface area contributed by atoms with Gasteiger partial charge in [-0.05, 0) is 23.3 Å². The van der Waals surface area contributed by atoms with Crippen molar-refractivity contribution in [3.05, 3.63) is 71.5 Å². The number of benzene rings is 2. The van der Waals surface area contributed by atoms with E-state index in [2.05, 4.69) is 34.1 Å². The molecule has 0 aromatic heterocycles. The first-order chi connectivity index (χ1) is 11.7. The van der Waals surface area contributed by atoms with Crippen molar-refractivity contribution in [2.24, 2.45) is 0 Å². The second-order valence-corrected chi connectivity index (χ2v) is 6.38. The van der Waals surface area contributed by atoms with E-state index < -0.39 is 0 Å². The lowest BCUT2D eigenvalue weighted by Gasteiger charge is -2.34. The quantitative estimate of drug-likeness (QED) is 0.815. The van der Waals surface area contributed by atoms with Crippen LogP contribution in [0.5, 0.6) is 0 Å². The molecule has 0 amide bonds. The summed E-state index contributed by atoms with van der Waals surface area (Å²) in [5, 5.41) is 0. The van der Waals surface area contributed by atoms with Crippen LogP contribution < -0.4 is 0 Å². The highest BCUT2D eigenvalue weighted by Gasteiger charge is 2.19. The Morgan fingerprint density at radius 1 is 0.833 bits per heavy atom. The molecule has 3 rings (SSSR count). The molecule has 0 saturated carbocycles. The standard InChI is InChI=1S/C20H23FN2O/c21-19-8-6-17(7-9-19)14-20(24)16-23-12-10-22(11-13-23)15-18-4-2-1-3-5-18/h1-9H,10-16H2. The van der Waals surface area contributed by atoms with Crippen LogP contribution in [0.15, 0.2) is 54.6 Å². The van der Waals surface area contributed by atoms with E-state index in [4.69, 9.17) is 0 Å². The Labute approximate surface area is 142 Å². The Bertz CT molecular complexity index is 649. The van der Waals surface area contributed by atoms with E-state index in [1.807, 2.05) is 6.07 Å². The Hall–Kier alpha value is -2.04. The number of Topliss-reactive ketones (excluding diaryl/α,β-unsaturated/α-hetero) is 1. The fourth-order valence-electron chi connectivity index (χ4n) is 3.08. The molecule has 0 spiro atoms. The van der Waals surface area contributed by atoms with Gasteiger partial charge in [0.15, 0.2) is 5.78 Å². The van der Waals surface area contributed by atoms with Crippen molar-refractivity contribution in [3.8, 4) is 0 Å². The highest BCUT2D eigenvalue weighted by molar-refractivity contribution is 5.82. The summed E-state index contributed by atoms with van der Waals surface area (Å²) in [6, 6.07) is 16.7. The van der Waals surface area contributed by atoms with E-state index in [1.165, 1.54) is 17.7 Å². The Balaban J connectivity index is 1.41. The van der Waals surface area contributed by atoms with Gasteiger partial charge in [0.25, 0.3) is 0 Å². The van der Waals surface area contributed by atoms with Gasteiger partial charge in [-0.1, -0.05) is 42.5 Å². The van der Waals surface area contributed by atoms with Crippen LogP contribution in [0, 0.1) is 5.82 Å². The lowest BCUT2D eigenvalue weighted by molar-refractivity contribution is -0.120. The minimum absolute atomic E-state index is 0.193. The lowest BCUT2D eigenvalue weighted by Crippen LogP contribution is -2.47. The van der Waals surface area contributed by atoms with Gasteiger partial charge in [-0.25, -0.2) is 4.39 Å². The number of piperazine rings is 1. The van der Waals surface area contributed by atoms with Gasteiger partial charge in [0.2, 0.25) is 0 Å². The topological polar surface area (TPSA) is 23.6 Å². The van der Waals surface area contributed by atoms with Crippen LogP contribution in [0.3, 0.4) is 0 Å². The third kappa shape index (κ3) is 4.98. The molecule has 0 radical (unpaired) electrons.